The van der Waals surface area contributed by atoms with Crippen LogP contribution in [-0.4, -0.2) is 54.1 Å². The maximum absolute atomic E-state index is 11.9. The molecule has 1 fully saturated rings. The van der Waals surface area contributed by atoms with E-state index in [0.29, 0.717) is 13.1 Å². The molecule has 2 rings (SSSR count). The fourth-order valence-electron chi connectivity index (χ4n) is 2.02. The number of carbonyl (C=O) groups excluding carboxylic acids is 3. The molecule has 1 heterocycles. The lowest BCUT2D eigenvalue weighted by Gasteiger charge is -2.30. The van der Waals surface area contributed by atoms with Crippen molar-refractivity contribution in [2.24, 2.45) is 0 Å². The van der Waals surface area contributed by atoms with Crippen molar-refractivity contribution in [3.05, 3.63) is 35.9 Å². The molecule has 1 aliphatic rings. The molecule has 0 atom stereocenters. The van der Waals surface area contributed by atoms with Gasteiger partial charge in [-0.25, -0.2) is 0 Å². The van der Waals surface area contributed by atoms with Crippen molar-refractivity contribution in [2.45, 2.75) is 6.42 Å². The zero-order valence-electron chi connectivity index (χ0n) is 10.8. The van der Waals surface area contributed by atoms with Crippen LogP contribution in [0.15, 0.2) is 30.3 Å². The summed E-state index contributed by atoms with van der Waals surface area (Å²) in [6.07, 6.45) is 0.286. The first-order valence-corrected chi connectivity index (χ1v) is 6.18. The van der Waals surface area contributed by atoms with E-state index in [1.165, 1.54) is 9.80 Å². The Bertz CT molecular complexity index is 499. The van der Waals surface area contributed by atoms with Crippen molar-refractivity contribution in [2.75, 3.05) is 26.7 Å². The van der Waals surface area contributed by atoms with Crippen LogP contribution in [0, 0.1) is 0 Å². The lowest BCUT2D eigenvalue weighted by molar-refractivity contribution is -0.155. The van der Waals surface area contributed by atoms with Crippen LogP contribution in [0.2, 0.25) is 0 Å². The summed E-state index contributed by atoms with van der Waals surface area (Å²) in [5.41, 5.74) is 0.917. The summed E-state index contributed by atoms with van der Waals surface area (Å²) in [5.74, 6) is -1.19. The molecule has 1 aliphatic heterocycles. The van der Waals surface area contributed by atoms with Gasteiger partial charge in [-0.3, -0.25) is 14.4 Å². The molecule has 5 nitrogen and oxygen atoms in total. The van der Waals surface area contributed by atoms with Gasteiger partial charge in [0.2, 0.25) is 0 Å². The molecular weight excluding hydrogens is 244 g/mol. The molecule has 1 aromatic rings. The largest absolute Gasteiger partial charge is 0.336 e. The van der Waals surface area contributed by atoms with Crippen molar-refractivity contribution in [3.63, 3.8) is 0 Å². The lowest BCUT2D eigenvalue weighted by Crippen LogP contribution is -2.54. The topological polar surface area (TPSA) is 57.7 Å². The fraction of sp³-hybridized carbons (Fsp3) is 0.357. The molecule has 100 valence electrons. The minimum absolute atomic E-state index is 0.00725. The number of Topliss-reactive ketones (excluding diaryl/α,β-unsaturated/α-hetero) is 1. The zero-order chi connectivity index (χ0) is 13.8. The van der Waals surface area contributed by atoms with Gasteiger partial charge in [-0.15, -0.1) is 0 Å². The number of hydrogen-bond acceptors (Lipinski definition) is 3. The van der Waals surface area contributed by atoms with Gasteiger partial charge in [0.1, 0.15) is 0 Å². The van der Waals surface area contributed by atoms with E-state index in [9.17, 15) is 14.4 Å². The van der Waals surface area contributed by atoms with E-state index >= 15 is 0 Å². The first-order valence-electron chi connectivity index (χ1n) is 6.18. The molecule has 0 aliphatic carbocycles. The van der Waals surface area contributed by atoms with E-state index in [1.807, 2.05) is 30.3 Å². The Morgan fingerprint density at radius 1 is 1.11 bits per heavy atom. The maximum Gasteiger partial charge on any atom is 0.312 e. The molecule has 19 heavy (non-hydrogen) atoms. The number of hydrogen-bond donors (Lipinski definition) is 0. The van der Waals surface area contributed by atoms with Crippen LogP contribution in [0.5, 0.6) is 0 Å². The summed E-state index contributed by atoms with van der Waals surface area (Å²) in [6.45, 7) is 0.901. The van der Waals surface area contributed by atoms with Gasteiger partial charge in [0.15, 0.2) is 5.78 Å². The molecule has 0 N–H and O–H groups in total. The lowest BCUT2D eigenvalue weighted by atomic mass is 10.1. The monoisotopic (exact) mass is 260 g/mol. The molecule has 0 spiro atoms. The van der Waals surface area contributed by atoms with E-state index in [2.05, 4.69) is 0 Å². The third-order valence-electron chi connectivity index (χ3n) is 3.13. The second kappa shape index (κ2) is 5.65. The molecule has 0 saturated carbocycles. The van der Waals surface area contributed by atoms with E-state index in [4.69, 9.17) is 0 Å². The maximum atomic E-state index is 11.9. The third kappa shape index (κ3) is 3.19. The van der Waals surface area contributed by atoms with Crippen LogP contribution in [0.25, 0.3) is 0 Å². The summed E-state index contributed by atoms with van der Waals surface area (Å²) < 4.78 is 0. The number of benzene rings is 1. The number of rotatable bonds is 4. The van der Waals surface area contributed by atoms with Crippen LogP contribution in [0.3, 0.4) is 0 Å². The Morgan fingerprint density at radius 2 is 1.79 bits per heavy atom. The van der Waals surface area contributed by atoms with E-state index in [0.717, 1.165) is 5.56 Å². The summed E-state index contributed by atoms with van der Waals surface area (Å²) >= 11 is 0. The van der Waals surface area contributed by atoms with Crippen LogP contribution >= 0.6 is 0 Å². The van der Waals surface area contributed by atoms with Crippen molar-refractivity contribution in [1.29, 1.82) is 0 Å². The van der Waals surface area contributed by atoms with Crippen molar-refractivity contribution < 1.29 is 14.4 Å². The number of ketones is 1. The molecule has 0 unspecified atom stereocenters. The Balaban J connectivity index is 1.93. The first-order chi connectivity index (χ1) is 9.08. The van der Waals surface area contributed by atoms with Crippen LogP contribution in [0.1, 0.15) is 5.56 Å². The predicted molar refractivity (Wildman–Crippen MR) is 69.4 cm³/mol. The fourth-order valence-corrected chi connectivity index (χ4v) is 2.02. The Morgan fingerprint density at radius 3 is 2.47 bits per heavy atom. The molecule has 2 amide bonds. The minimum Gasteiger partial charge on any atom is -0.336 e. The highest BCUT2D eigenvalue weighted by molar-refractivity contribution is 6.35. The molecule has 0 bridgehead atoms. The highest BCUT2D eigenvalue weighted by Gasteiger charge is 2.31. The van der Waals surface area contributed by atoms with Crippen molar-refractivity contribution >= 4 is 17.6 Å². The quantitative estimate of drug-likeness (QED) is 0.721. The number of amides is 2. The molecule has 0 aromatic heterocycles. The van der Waals surface area contributed by atoms with Crippen LogP contribution in [0.4, 0.5) is 0 Å². The van der Waals surface area contributed by atoms with Crippen molar-refractivity contribution in [3.8, 4) is 0 Å². The van der Waals surface area contributed by atoms with Gasteiger partial charge >= 0.3 is 11.8 Å². The standard InChI is InChI=1S/C14H16N2O3/c1-15-7-8-16(14(19)13(15)18)10-12(17)9-11-5-3-2-4-6-11/h2-6H,7-10H2,1H3. The summed E-state index contributed by atoms with van der Waals surface area (Å²) in [6, 6.07) is 9.36. The van der Waals surface area contributed by atoms with Gasteiger partial charge in [0.05, 0.1) is 6.54 Å². The average Bonchev–Trinajstić information content (AvgIpc) is 2.41. The number of carbonyl (C=O) groups is 3. The van der Waals surface area contributed by atoms with Gasteiger partial charge in [0.25, 0.3) is 0 Å². The normalized spacial score (nSPS) is 15.8. The molecule has 1 saturated heterocycles. The van der Waals surface area contributed by atoms with Gasteiger partial charge in [-0.05, 0) is 5.56 Å². The summed E-state index contributed by atoms with van der Waals surface area (Å²) in [4.78, 5) is 37.8. The third-order valence-corrected chi connectivity index (χ3v) is 3.13. The van der Waals surface area contributed by atoms with Crippen LogP contribution in [-0.2, 0) is 20.8 Å². The Hall–Kier alpha value is -2.17. The smallest absolute Gasteiger partial charge is 0.312 e. The highest BCUT2D eigenvalue weighted by atomic mass is 16.2. The second-order valence-electron chi connectivity index (χ2n) is 4.65. The van der Waals surface area contributed by atoms with Crippen molar-refractivity contribution in [1.82, 2.24) is 9.80 Å². The van der Waals surface area contributed by atoms with Gasteiger partial charge < -0.3 is 9.80 Å². The van der Waals surface area contributed by atoms with E-state index in [1.54, 1.807) is 7.05 Å². The first kappa shape index (κ1) is 13.3. The number of piperazine rings is 1. The Labute approximate surface area is 111 Å². The second-order valence-corrected chi connectivity index (χ2v) is 4.65. The molecular formula is C14H16N2O3. The molecule has 0 radical (unpaired) electrons. The van der Waals surface area contributed by atoms with E-state index < -0.39 is 11.8 Å². The number of likely N-dealkylation sites (N-methyl/N-ethyl adjacent to an activating group) is 1. The molecule has 5 heteroatoms. The SMILES string of the molecule is CN1CCN(CC(=O)Cc2ccccc2)C(=O)C1=O. The summed E-state index contributed by atoms with van der Waals surface area (Å²) in [7, 11) is 1.59. The average molecular weight is 260 g/mol. The zero-order valence-corrected chi connectivity index (χ0v) is 10.8. The van der Waals surface area contributed by atoms with Gasteiger partial charge in [0, 0.05) is 26.6 Å². The van der Waals surface area contributed by atoms with Gasteiger partial charge in [-0.1, -0.05) is 30.3 Å². The number of nitrogens with zero attached hydrogens (tertiary/aromatic N) is 2. The van der Waals surface area contributed by atoms with Crippen LogP contribution < -0.4 is 0 Å². The highest BCUT2D eigenvalue weighted by Crippen LogP contribution is 2.05. The Kier molecular flexibility index (Phi) is 3.94. The minimum atomic E-state index is -0.588. The summed E-state index contributed by atoms with van der Waals surface area (Å²) in [5, 5.41) is 0. The van der Waals surface area contributed by atoms with E-state index in [-0.39, 0.29) is 18.7 Å². The predicted octanol–water partition coefficient (Wildman–Crippen LogP) is 0.0988. The molecule has 1 aromatic carbocycles. The van der Waals surface area contributed by atoms with Gasteiger partial charge in [-0.2, -0.15) is 0 Å².